The molecule has 0 atom stereocenters. The number of benzene rings is 1. The van der Waals surface area contributed by atoms with Crippen molar-refractivity contribution >= 4 is 34.7 Å². The van der Waals surface area contributed by atoms with Gasteiger partial charge in [0.1, 0.15) is 0 Å². The largest absolute Gasteiger partial charge is 0.326 e. The van der Waals surface area contributed by atoms with Crippen molar-refractivity contribution in [2.45, 2.75) is 6.54 Å². The summed E-state index contributed by atoms with van der Waals surface area (Å²) in [6.45, 7) is 0.501. The zero-order chi connectivity index (χ0) is 6.69. The van der Waals surface area contributed by atoms with Crippen LogP contribution in [0.1, 0.15) is 5.56 Å². The van der Waals surface area contributed by atoms with Gasteiger partial charge in [-0.05, 0) is 23.8 Å². The van der Waals surface area contributed by atoms with Gasteiger partial charge in [-0.2, -0.15) is 0 Å². The van der Waals surface area contributed by atoms with Gasteiger partial charge < -0.3 is 5.73 Å². The second-order valence-electron chi connectivity index (χ2n) is 1.74. The van der Waals surface area contributed by atoms with Crippen LogP contribution in [-0.2, 0) is 6.54 Å². The van der Waals surface area contributed by atoms with Crippen LogP contribution < -0.4 is 5.73 Å². The molecule has 0 aromatic heterocycles. The summed E-state index contributed by atoms with van der Waals surface area (Å²) in [5.74, 6) is 0. The summed E-state index contributed by atoms with van der Waals surface area (Å²) in [6, 6.07) is 8.30. The standard InChI is InChI=1S/C7H7ClN.Mg.2H/c8-7-3-1-2-6(4-7)5-9;;;/h1,3-4H,5,9H2;;;. The van der Waals surface area contributed by atoms with Gasteiger partial charge >= 0.3 is 23.1 Å². The first-order valence-electron chi connectivity index (χ1n) is 2.69. The van der Waals surface area contributed by atoms with E-state index in [2.05, 4.69) is 6.07 Å². The molecule has 3 heteroatoms. The summed E-state index contributed by atoms with van der Waals surface area (Å²) in [5, 5.41) is 0.717. The van der Waals surface area contributed by atoms with Crippen LogP contribution in [-0.4, -0.2) is 23.1 Å². The molecule has 10 heavy (non-hydrogen) atoms. The van der Waals surface area contributed by atoms with E-state index >= 15 is 0 Å². The van der Waals surface area contributed by atoms with E-state index in [0.29, 0.717) is 11.6 Å². The highest BCUT2D eigenvalue weighted by molar-refractivity contribution is 6.30. The van der Waals surface area contributed by atoms with E-state index in [1.807, 2.05) is 6.07 Å². The zero-order valence-electron chi connectivity index (χ0n) is 4.89. The molecule has 0 amide bonds. The Balaban J connectivity index is 0.000000810. The SMILES string of the molecule is NCc1[c]ccc(Cl)c1.[MgH2]. The molecular weight excluding hydrogens is 158 g/mol. The fraction of sp³-hybridized carbons (Fsp3) is 0.143. The molecular formula is C7H9ClMgN. The van der Waals surface area contributed by atoms with Gasteiger partial charge in [-0.1, -0.05) is 17.7 Å². The molecule has 0 bridgehead atoms. The second kappa shape index (κ2) is 4.96. The molecule has 0 aliphatic carbocycles. The molecule has 0 heterocycles. The van der Waals surface area contributed by atoms with Gasteiger partial charge in [0.2, 0.25) is 0 Å². The Hall–Kier alpha value is 0.236. The van der Waals surface area contributed by atoms with Gasteiger partial charge in [0, 0.05) is 11.6 Å². The van der Waals surface area contributed by atoms with Crippen LogP contribution in [0.4, 0.5) is 0 Å². The molecule has 0 aliphatic rings. The molecule has 1 aromatic carbocycles. The lowest BCUT2D eigenvalue weighted by Crippen LogP contribution is -1.95. The van der Waals surface area contributed by atoms with Gasteiger partial charge in [0.05, 0.1) is 0 Å². The number of hydrogen-bond donors (Lipinski definition) is 1. The van der Waals surface area contributed by atoms with Crippen molar-refractivity contribution in [2.24, 2.45) is 5.73 Å². The van der Waals surface area contributed by atoms with E-state index in [4.69, 9.17) is 17.3 Å². The van der Waals surface area contributed by atoms with Crippen molar-refractivity contribution in [3.05, 3.63) is 34.9 Å². The third-order valence-electron chi connectivity index (χ3n) is 1.04. The first kappa shape index (κ1) is 10.2. The quantitative estimate of drug-likeness (QED) is 0.611. The van der Waals surface area contributed by atoms with Crippen molar-refractivity contribution in [1.82, 2.24) is 0 Å². The minimum absolute atomic E-state index is 0. The van der Waals surface area contributed by atoms with E-state index in [1.165, 1.54) is 0 Å². The number of nitrogens with two attached hydrogens (primary N) is 1. The summed E-state index contributed by atoms with van der Waals surface area (Å²) in [6.07, 6.45) is 0. The maximum Gasteiger partial charge on any atom is 0.316 e. The Kier molecular flexibility index (Phi) is 5.08. The van der Waals surface area contributed by atoms with Crippen molar-refractivity contribution < 1.29 is 0 Å². The second-order valence-corrected chi connectivity index (χ2v) is 2.17. The summed E-state index contributed by atoms with van der Waals surface area (Å²) in [5.41, 5.74) is 6.28. The van der Waals surface area contributed by atoms with Crippen LogP contribution in [0.15, 0.2) is 18.2 Å². The van der Waals surface area contributed by atoms with E-state index in [9.17, 15) is 0 Å². The average Bonchev–Trinajstić information content (AvgIpc) is 1.88. The molecule has 1 aromatic rings. The molecule has 1 nitrogen and oxygen atoms in total. The first-order valence-corrected chi connectivity index (χ1v) is 3.07. The minimum Gasteiger partial charge on any atom is -0.326 e. The lowest BCUT2D eigenvalue weighted by atomic mass is 10.2. The van der Waals surface area contributed by atoms with Gasteiger partial charge in [0.15, 0.2) is 0 Å². The molecule has 2 N–H and O–H groups in total. The fourth-order valence-corrected chi connectivity index (χ4v) is 0.797. The summed E-state index contributed by atoms with van der Waals surface area (Å²) in [4.78, 5) is 0. The van der Waals surface area contributed by atoms with Crippen LogP contribution in [0.3, 0.4) is 0 Å². The third-order valence-corrected chi connectivity index (χ3v) is 1.28. The van der Waals surface area contributed by atoms with Crippen molar-refractivity contribution in [3.8, 4) is 0 Å². The molecule has 1 rings (SSSR count). The number of halogens is 1. The van der Waals surface area contributed by atoms with Crippen LogP contribution in [0.2, 0.25) is 5.02 Å². The van der Waals surface area contributed by atoms with Crippen molar-refractivity contribution in [2.75, 3.05) is 0 Å². The zero-order valence-corrected chi connectivity index (χ0v) is 5.65. The smallest absolute Gasteiger partial charge is 0.316 e. The van der Waals surface area contributed by atoms with Crippen LogP contribution >= 0.6 is 11.6 Å². The van der Waals surface area contributed by atoms with Crippen molar-refractivity contribution in [3.63, 3.8) is 0 Å². The lowest BCUT2D eigenvalue weighted by molar-refractivity contribution is 1.07. The predicted molar refractivity (Wildman–Crippen MR) is 46.7 cm³/mol. The Labute approximate surface area is 81.7 Å². The highest BCUT2D eigenvalue weighted by Crippen LogP contribution is 2.08. The molecule has 51 valence electrons. The average molecular weight is 167 g/mol. The normalized spacial score (nSPS) is 8.60. The number of rotatable bonds is 1. The maximum atomic E-state index is 5.65. The summed E-state index contributed by atoms with van der Waals surface area (Å²) < 4.78 is 0. The minimum atomic E-state index is 0. The van der Waals surface area contributed by atoms with Gasteiger partial charge in [-0.3, -0.25) is 0 Å². The Morgan fingerprint density at radius 3 is 2.70 bits per heavy atom. The monoisotopic (exact) mass is 166 g/mol. The molecule has 1 radical (unpaired) electrons. The van der Waals surface area contributed by atoms with Gasteiger partial charge in [-0.25, -0.2) is 0 Å². The van der Waals surface area contributed by atoms with E-state index in [-0.39, 0.29) is 23.1 Å². The molecule has 0 saturated carbocycles. The van der Waals surface area contributed by atoms with E-state index in [1.54, 1.807) is 12.1 Å². The van der Waals surface area contributed by atoms with Gasteiger partial charge in [-0.15, -0.1) is 0 Å². The molecule has 0 saturated heterocycles. The Bertz CT molecular complexity index is 203. The third kappa shape index (κ3) is 2.88. The Morgan fingerprint density at radius 1 is 1.60 bits per heavy atom. The molecule has 0 aliphatic heterocycles. The van der Waals surface area contributed by atoms with Crippen LogP contribution in [0.25, 0.3) is 0 Å². The molecule has 0 spiro atoms. The topological polar surface area (TPSA) is 26.0 Å². The highest BCUT2D eigenvalue weighted by Gasteiger charge is 1.88. The molecule has 0 unspecified atom stereocenters. The van der Waals surface area contributed by atoms with Gasteiger partial charge in [0.25, 0.3) is 0 Å². The fourth-order valence-electron chi connectivity index (χ4n) is 0.602. The summed E-state index contributed by atoms with van der Waals surface area (Å²) >= 11 is 5.65. The Morgan fingerprint density at radius 2 is 2.30 bits per heavy atom. The molecule has 0 fully saturated rings. The highest BCUT2D eigenvalue weighted by atomic mass is 35.5. The van der Waals surface area contributed by atoms with E-state index < -0.39 is 0 Å². The maximum absolute atomic E-state index is 5.65. The summed E-state index contributed by atoms with van der Waals surface area (Å²) in [7, 11) is 0. The van der Waals surface area contributed by atoms with Crippen LogP contribution in [0, 0.1) is 6.07 Å². The van der Waals surface area contributed by atoms with E-state index in [0.717, 1.165) is 5.56 Å². The number of hydrogen-bond acceptors (Lipinski definition) is 1. The predicted octanol–water partition coefficient (Wildman–Crippen LogP) is 0.683. The lowest BCUT2D eigenvalue weighted by Gasteiger charge is -1.93. The first-order chi connectivity index (χ1) is 4.33. The van der Waals surface area contributed by atoms with Crippen LogP contribution in [0.5, 0.6) is 0 Å². The van der Waals surface area contributed by atoms with Crippen molar-refractivity contribution in [1.29, 1.82) is 0 Å².